The van der Waals surface area contributed by atoms with Crippen molar-refractivity contribution in [3.05, 3.63) is 0 Å². The maximum atomic E-state index is 11.6. The van der Waals surface area contributed by atoms with Crippen LogP contribution in [-0.2, 0) is 66.4 Å². The third kappa shape index (κ3) is 55.0. The zero-order valence-corrected chi connectivity index (χ0v) is 38.6. The fourth-order valence-corrected chi connectivity index (χ4v) is 5.73. The van der Waals surface area contributed by atoms with Crippen LogP contribution < -0.4 is 0 Å². The normalized spacial score (nSPS) is 11.6. The Morgan fingerprint density at radius 1 is 0.233 bits per heavy atom. The molecule has 0 fully saturated rings. The minimum atomic E-state index is -0.151. The van der Waals surface area contributed by atoms with Gasteiger partial charge in [0.2, 0.25) is 0 Å². The Bertz CT molecular complexity index is 781. The van der Waals surface area contributed by atoms with Crippen LogP contribution in [0.2, 0.25) is 0 Å². The van der Waals surface area contributed by atoms with Gasteiger partial charge in [-0.25, -0.2) is 0 Å². The number of rotatable bonds is 55. The van der Waals surface area contributed by atoms with Gasteiger partial charge >= 0.3 is 5.97 Å². The summed E-state index contributed by atoms with van der Waals surface area (Å²) >= 11 is 0. The SMILES string of the molecule is CCCCCCCCCCCCCCCOCCOCCOCCOCCOCCOCCOCCOCCOCCOCCOCCOCCOC(=O)CCCCCC. The molecule has 0 N–H and O–H groups in total. The third-order valence-electron chi connectivity index (χ3n) is 9.21. The first-order valence-electron chi connectivity index (χ1n) is 23.9. The van der Waals surface area contributed by atoms with E-state index < -0.39 is 0 Å². The Morgan fingerprint density at radius 2 is 0.433 bits per heavy atom. The van der Waals surface area contributed by atoms with Gasteiger partial charge in [0.25, 0.3) is 0 Å². The van der Waals surface area contributed by atoms with E-state index in [4.69, 9.17) is 61.6 Å². The summed E-state index contributed by atoms with van der Waals surface area (Å²) in [4.78, 5) is 11.6. The lowest BCUT2D eigenvalue weighted by Gasteiger charge is -2.09. The minimum Gasteiger partial charge on any atom is -0.463 e. The van der Waals surface area contributed by atoms with Gasteiger partial charge in [-0.3, -0.25) is 4.79 Å². The van der Waals surface area contributed by atoms with Crippen LogP contribution in [0.1, 0.15) is 129 Å². The maximum Gasteiger partial charge on any atom is 0.305 e. The van der Waals surface area contributed by atoms with Gasteiger partial charge in [0.1, 0.15) is 6.61 Å². The van der Waals surface area contributed by atoms with Gasteiger partial charge in [-0.1, -0.05) is 110 Å². The van der Waals surface area contributed by atoms with Crippen LogP contribution in [0.3, 0.4) is 0 Å². The molecular formula is C46H92O14. The zero-order valence-electron chi connectivity index (χ0n) is 38.6. The second-order valence-corrected chi connectivity index (χ2v) is 14.6. The molecule has 0 atom stereocenters. The molecule has 0 saturated carbocycles. The molecule has 0 aromatic heterocycles. The van der Waals surface area contributed by atoms with Crippen LogP contribution in [0.15, 0.2) is 0 Å². The van der Waals surface area contributed by atoms with Gasteiger partial charge < -0.3 is 61.6 Å². The summed E-state index contributed by atoms with van der Waals surface area (Å²) in [7, 11) is 0. The van der Waals surface area contributed by atoms with E-state index in [0.29, 0.717) is 158 Å². The first-order chi connectivity index (χ1) is 29.8. The van der Waals surface area contributed by atoms with Crippen molar-refractivity contribution in [2.75, 3.05) is 165 Å². The molecule has 360 valence electrons. The van der Waals surface area contributed by atoms with E-state index in [1.807, 2.05) is 0 Å². The molecule has 0 aromatic carbocycles. The molecule has 0 aromatic rings. The van der Waals surface area contributed by atoms with Gasteiger partial charge in [0, 0.05) is 13.0 Å². The van der Waals surface area contributed by atoms with Crippen molar-refractivity contribution in [2.24, 2.45) is 0 Å². The zero-order chi connectivity index (χ0) is 43.2. The topological polar surface area (TPSA) is 137 Å². The lowest BCUT2D eigenvalue weighted by atomic mass is 10.0. The molecular weight excluding hydrogens is 776 g/mol. The number of unbranched alkanes of at least 4 members (excludes halogenated alkanes) is 15. The van der Waals surface area contributed by atoms with Crippen LogP contribution in [-0.4, -0.2) is 171 Å². The van der Waals surface area contributed by atoms with Crippen LogP contribution in [0.25, 0.3) is 0 Å². The first kappa shape index (κ1) is 59.0. The quantitative estimate of drug-likeness (QED) is 0.0435. The van der Waals surface area contributed by atoms with Crippen molar-refractivity contribution >= 4 is 5.97 Å². The number of ether oxygens (including phenoxy) is 13. The van der Waals surface area contributed by atoms with Gasteiger partial charge in [-0.15, -0.1) is 0 Å². The Balaban J connectivity index is 3.08. The molecule has 0 radical (unpaired) electrons. The number of esters is 1. The second kappa shape index (κ2) is 56.0. The summed E-state index contributed by atoms with van der Waals surface area (Å²) in [6.45, 7) is 17.3. The fourth-order valence-electron chi connectivity index (χ4n) is 5.73. The van der Waals surface area contributed by atoms with Crippen molar-refractivity contribution in [1.29, 1.82) is 0 Å². The highest BCUT2D eigenvalue weighted by molar-refractivity contribution is 5.69. The fraction of sp³-hybridized carbons (Fsp3) is 0.978. The van der Waals surface area contributed by atoms with E-state index in [1.165, 1.54) is 77.0 Å². The van der Waals surface area contributed by atoms with Crippen molar-refractivity contribution in [3.63, 3.8) is 0 Å². The Morgan fingerprint density at radius 3 is 0.700 bits per heavy atom. The maximum absolute atomic E-state index is 11.6. The van der Waals surface area contributed by atoms with Crippen LogP contribution in [0.5, 0.6) is 0 Å². The molecule has 14 nitrogen and oxygen atoms in total. The van der Waals surface area contributed by atoms with Gasteiger partial charge in [0.15, 0.2) is 0 Å². The molecule has 0 spiro atoms. The van der Waals surface area contributed by atoms with E-state index in [2.05, 4.69) is 13.8 Å². The van der Waals surface area contributed by atoms with E-state index in [9.17, 15) is 4.79 Å². The summed E-state index contributed by atoms with van der Waals surface area (Å²) in [5.41, 5.74) is 0. The molecule has 0 aliphatic rings. The predicted octanol–water partition coefficient (Wildman–Crippen LogP) is 7.79. The third-order valence-corrected chi connectivity index (χ3v) is 9.21. The number of hydrogen-bond donors (Lipinski definition) is 0. The summed E-state index contributed by atoms with van der Waals surface area (Å²) in [5.74, 6) is -0.151. The second-order valence-electron chi connectivity index (χ2n) is 14.6. The molecule has 0 bridgehead atoms. The highest BCUT2D eigenvalue weighted by Gasteiger charge is 2.03. The summed E-state index contributed by atoms with van der Waals surface area (Å²) in [6.07, 6.45) is 22.5. The number of carbonyl (C=O) groups is 1. The Hall–Kier alpha value is -1.01. The minimum absolute atomic E-state index is 0.151. The van der Waals surface area contributed by atoms with Crippen LogP contribution in [0.4, 0.5) is 0 Å². The van der Waals surface area contributed by atoms with E-state index in [1.54, 1.807) is 0 Å². The standard InChI is InChI=1S/C46H92O14/c1-3-5-7-9-10-11-12-13-14-15-16-17-19-21-48-22-23-49-24-25-50-26-27-51-28-29-52-30-31-53-32-33-54-34-35-55-36-37-56-38-39-57-40-41-58-42-43-59-44-45-60-46(47)20-18-8-6-4-2/h3-45H2,1-2H3. The largest absolute Gasteiger partial charge is 0.463 e. The highest BCUT2D eigenvalue weighted by Crippen LogP contribution is 2.12. The van der Waals surface area contributed by atoms with Gasteiger partial charge in [-0.2, -0.15) is 0 Å². The predicted molar refractivity (Wildman–Crippen MR) is 235 cm³/mol. The summed E-state index contributed by atoms with van der Waals surface area (Å²) < 4.78 is 71.4. The van der Waals surface area contributed by atoms with Crippen LogP contribution >= 0.6 is 0 Å². The lowest BCUT2D eigenvalue weighted by molar-refractivity contribution is -0.145. The molecule has 0 aliphatic carbocycles. The summed E-state index contributed by atoms with van der Waals surface area (Å²) in [6, 6.07) is 0. The average molecular weight is 869 g/mol. The molecule has 0 rings (SSSR count). The lowest BCUT2D eigenvalue weighted by Crippen LogP contribution is -2.15. The van der Waals surface area contributed by atoms with Gasteiger partial charge in [-0.05, 0) is 12.8 Å². The highest BCUT2D eigenvalue weighted by atomic mass is 16.6. The molecule has 0 aliphatic heterocycles. The van der Waals surface area contributed by atoms with Crippen molar-refractivity contribution in [3.8, 4) is 0 Å². The molecule has 14 heteroatoms. The first-order valence-corrected chi connectivity index (χ1v) is 23.9. The smallest absolute Gasteiger partial charge is 0.305 e. The van der Waals surface area contributed by atoms with Gasteiger partial charge in [0.05, 0.1) is 152 Å². The number of carbonyl (C=O) groups excluding carboxylic acids is 1. The summed E-state index contributed by atoms with van der Waals surface area (Å²) in [5, 5.41) is 0. The Kier molecular flexibility index (Phi) is 55.1. The molecule has 60 heavy (non-hydrogen) atoms. The van der Waals surface area contributed by atoms with Crippen molar-refractivity contribution < 1.29 is 66.4 Å². The Labute approximate surface area is 366 Å². The van der Waals surface area contributed by atoms with Crippen molar-refractivity contribution in [2.45, 2.75) is 129 Å². The number of hydrogen-bond acceptors (Lipinski definition) is 14. The molecule has 0 amide bonds. The molecule has 0 heterocycles. The molecule has 0 saturated heterocycles. The monoisotopic (exact) mass is 869 g/mol. The molecule has 0 unspecified atom stereocenters. The average Bonchev–Trinajstić information content (AvgIpc) is 3.25. The van der Waals surface area contributed by atoms with E-state index >= 15 is 0 Å². The van der Waals surface area contributed by atoms with Crippen molar-refractivity contribution in [1.82, 2.24) is 0 Å². The van der Waals surface area contributed by atoms with E-state index in [-0.39, 0.29) is 12.6 Å². The van der Waals surface area contributed by atoms with Crippen LogP contribution in [0, 0.1) is 0 Å². The van der Waals surface area contributed by atoms with E-state index in [0.717, 1.165) is 38.7 Å².